The summed E-state index contributed by atoms with van der Waals surface area (Å²) in [5, 5.41) is 4.18. The van der Waals surface area contributed by atoms with E-state index in [4.69, 9.17) is 11.6 Å². The van der Waals surface area contributed by atoms with Gasteiger partial charge in [-0.1, -0.05) is 54.1 Å². The minimum absolute atomic E-state index is 0.377. The molecule has 0 fully saturated rings. The normalized spacial score (nSPS) is 12.3. The van der Waals surface area contributed by atoms with Gasteiger partial charge in [0.15, 0.2) is 0 Å². The lowest BCUT2D eigenvalue weighted by atomic mass is 9.99. The molecular formula is C17H20ClN. The van der Waals surface area contributed by atoms with Gasteiger partial charge in [-0.3, -0.25) is 0 Å². The van der Waals surface area contributed by atoms with E-state index in [1.807, 2.05) is 25.2 Å². The highest BCUT2D eigenvalue weighted by Crippen LogP contribution is 2.22. The Kier molecular flexibility index (Phi) is 5.44. The monoisotopic (exact) mass is 273 g/mol. The fourth-order valence-electron chi connectivity index (χ4n) is 2.36. The van der Waals surface area contributed by atoms with Crippen LogP contribution in [0.1, 0.15) is 30.0 Å². The van der Waals surface area contributed by atoms with Crippen molar-refractivity contribution in [2.24, 2.45) is 0 Å². The quantitative estimate of drug-likeness (QED) is 0.810. The first-order chi connectivity index (χ1) is 9.29. The minimum atomic E-state index is 0.377. The summed E-state index contributed by atoms with van der Waals surface area (Å²) in [6, 6.07) is 19.1. The summed E-state index contributed by atoms with van der Waals surface area (Å²) >= 11 is 6.05. The van der Waals surface area contributed by atoms with Gasteiger partial charge in [-0.05, 0) is 49.6 Å². The Hall–Kier alpha value is -1.31. The van der Waals surface area contributed by atoms with Crippen molar-refractivity contribution < 1.29 is 0 Å². The van der Waals surface area contributed by atoms with Crippen LogP contribution in [0, 0.1) is 0 Å². The summed E-state index contributed by atoms with van der Waals surface area (Å²) < 4.78 is 0. The van der Waals surface area contributed by atoms with Crippen molar-refractivity contribution in [2.75, 3.05) is 7.05 Å². The largest absolute Gasteiger partial charge is 0.313 e. The Labute approximate surface area is 120 Å². The lowest BCUT2D eigenvalue weighted by Crippen LogP contribution is -2.16. The molecular weight excluding hydrogens is 254 g/mol. The third-order valence-corrected chi connectivity index (χ3v) is 3.64. The maximum atomic E-state index is 6.05. The van der Waals surface area contributed by atoms with Gasteiger partial charge in [0, 0.05) is 11.1 Å². The molecule has 0 aliphatic carbocycles. The van der Waals surface area contributed by atoms with Crippen molar-refractivity contribution >= 4 is 11.6 Å². The van der Waals surface area contributed by atoms with Gasteiger partial charge in [-0.25, -0.2) is 0 Å². The van der Waals surface area contributed by atoms with Gasteiger partial charge in [0.1, 0.15) is 0 Å². The Bertz CT molecular complexity index is 496. The van der Waals surface area contributed by atoms with Gasteiger partial charge >= 0.3 is 0 Å². The highest BCUT2D eigenvalue weighted by Gasteiger charge is 2.09. The maximum Gasteiger partial charge on any atom is 0.0409 e. The summed E-state index contributed by atoms with van der Waals surface area (Å²) in [5.41, 5.74) is 2.67. The fraction of sp³-hybridized carbons (Fsp3) is 0.294. The van der Waals surface area contributed by atoms with Crippen LogP contribution >= 0.6 is 11.6 Å². The molecule has 1 atom stereocenters. The zero-order chi connectivity index (χ0) is 13.5. The van der Waals surface area contributed by atoms with Crippen molar-refractivity contribution in [1.82, 2.24) is 5.32 Å². The summed E-state index contributed by atoms with van der Waals surface area (Å²) in [6.45, 7) is 0. The van der Waals surface area contributed by atoms with Crippen molar-refractivity contribution in [3.8, 4) is 0 Å². The summed E-state index contributed by atoms with van der Waals surface area (Å²) in [4.78, 5) is 0. The molecule has 0 spiro atoms. The number of nitrogens with one attached hydrogen (secondary N) is 1. The van der Waals surface area contributed by atoms with E-state index in [-0.39, 0.29) is 0 Å². The van der Waals surface area contributed by atoms with Crippen molar-refractivity contribution in [3.05, 3.63) is 70.7 Å². The van der Waals surface area contributed by atoms with Crippen LogP contribution in [0.4, 0.5) is 0 Å². The summed E-state index contributed by atoms with van der Waals surface area (Å²) in [6.07, 6.45) is 3.41. The molecule has 2 rings (SSSR count). The molecule has 0 aliphatic rings. The van der Waals surface area contributed by atoms with E-state index < -0.39 is 0 Å². The molecule has 1 nitrogen and oxygen atoms in total. The van der Waals surface area contributed by atoms with Crippen LogP contribution in [0.2, 0.25) is 5.02 Å². The third kappa shape index (κ3) is 4.38. The Morgan fingerprint density at radius 2 is 1.84 bits per heavy atom. The molecule has 100 valence electrons. The summed E-state index contributed by atoms with van der Waals surface area (Å²) in [7, 11) is 2.01. The molecule has 0 aliphatic heterocycles. The van der Waals surface area contributed by atoms with Gasteiger partial charge in [-0.15, -0.1) is 0 Å². The van der Waals surface area contributed by atoms with Crippen LogP contribution in [-0.4, -0.2) is 7.05 Å². The number of hydrogen-bond donors (Lipinski definition) is 1. The van der Waals surface area contributed by atoms with E-state index in [9.17, 15) is 0 Å². The van der Waals surface area contributed by atoms with Crippen LogP contribution < -0.4 is 5.32 Å². The standard InChI is InChI=1S/C17H20ClN/c1-19-17(15-10-6-11-16(18)13-15)12-5-9-14-7-3-2-4-8-14/h2-4,6-8,10-11,13,17,19H,5,9,12H2,1H3. The zero-order valence-electron chi connectivity index (χ0n) is 11.3. The highest BCUT2D eigenvalue weighted by atomic mass is 35.5. The van der Waals surface area contributed by atoms with Gasteiger partial charge in [-0.2, -0.15) is 0 Å². The first-order valence-electron chi connectivity index (χ1n) is 6.76. The van der Waals surface area contributed by atoms with Gasteiger partial charge in [0.25, 0.3) is 0 Å². The molecule has 1 unspecified atom stereocenters. The maximum absolute atomic E-state index is 6.05. The number of halogens is 1. The molecule has 0 aromatic heterocycles. The van der Waals surface area contributed by atoms with E-state index in [1.165, 1.54) is 17.5 Å². The number of rotatable bonds is 6. The number of hydrogen-bond acceptors (Lipinski definition) is 1. The molecule has 0 saturated heterocycles. The first kappa shape index (κ1) is 14.1. The lowest BCUT2D eigenvalue weighted by molar-refractivity contribution is 0.527. The summed E-state index contributed by atoms with van der Waals surface area (Å²) in [5.74, 6) is 0. The van der Waals surface area contributed by atoms with E-state index in [2.05, 4.69) is 41.7 Å². The topological polar surface area (TPSA) is 12.0 Å². The molecule has 2 aromatic carbocycles. The SMILES string of the molecule is CNC(CCCc1ccccc1)c1cccc(Cl)c1. The van der Waals surface area contributed by atoms with Crippen molar-refractivity contribution in [1.29, 1.82) is 0 Å². The van der Waals surface area contributed by atoms with Crippen LogP contribution in [-0.2, 0) is 6.42 Å². The van der Waals surface area contributed by atoms with Crippen LogP contribution in [0.3, 0.4) is 0 Å². The van der Waals surface area contributed by atoms with E-state index in [0.717, 1.165) is 17.9 Å². The molecule has 0 saturated carbocycles. The first-order valence-corrected chi connectivity index (χ1v) is 7.14. The Morgan fingerprint density at radius 3 is 2.53 bits per heavy atom. The lowest BCUT2D eigenvalue weighted by Gasteiger charge is -2.16. The average Bonchev–Trinajstić information content (AvgIpc) is 2.45. The predicted octanol–water partition coefficient (Wildman–Crippen LogP) is 4.62. The predicted molar refractivity (Wildman–Crippen MR) is 82.6 cm³/mol. The van der Waals surface area contributed by atoms with Gasteiger partial charge in [0.2, 0.25) is 0 Å². The zero-order valence-corrected chi connectivity index (χ0v) is 12.0. The fourth-order valence-corrected chi connectivity index (χ4v) is 2.55. The van der Waals surface area contributed by atoms with E-state index in [0.29, 0.717) is 6.04 Å². The van der Waals surface area contributed by atoms with Crippen molar-refractivity contribution in [2.45, 2.75) is 25.3 Å². The van der Waals surface area contributed by atoms with Crippen LogP contribution in [0.25, 0.3) is 0 Å². The third-order valence-electron chi connectivity index (χ3n) is 3.40. The molecule has 0 amide bonds. The highest BCUT2D eigenvalue weighted by molar-refractivity contribution is 6.30. The second-order valence-corrected chi connectivity index (χ2v) is 5.21. The second-order valence-electron chi connectivity index (χ2n) is 4.77. The van der Waals surface area contributed by atoms with Crippen LogP contribution in [0.5, 0.6) is 0 Å². The number of aryl methyl sites for hydroxylation is 1. The molecule has 2 heteroatoms. The van der Waals surface area contributed by atoms with E-state index >= 15 is 0 Å². The molecule has 2 aromatic rings. The van der Waals surface area contributed by atoms with Gasteiger partial charge in [0.05, 0.1) is 0 Å². The van der Waals surface area contributed by atoms with Gasteiger partial charge < -0.3 is 5.32 Å². The van der Waals surface area contributed by atoms with E-state index in [1.54, 1.807) is 0 Å². The van der Waals surface area contributed by atoms with Crippen LogP contribution in [0.15, 0.2) is 54.6 Å². The van der Waals surface area contributed by atoms with Crippen molar-refractivity contribution in [3.63, 3.8) is 0 Å². The smallest absolute Gasteiger partial charge is 0.0409 e. The molecule has 0 bridgehead atoms. The molecule has 0 heterocycles. The Balaban J connectivity index is 1.89. The molecule has 19 heavy (non-hydrogen) atoms. The minimum Gasteiger partial charge on any atom is -0.313 e. The molecule has 0 radical (unpaired) electrons. The average molecular weight is 274 g/mol. The number of benzene rings is 2. The Morgan fingerprint density at radius 1 is 1.05 bits per heavy atom. The molecule has 1 N–H and O–H groups in total. The second kappa shape index (κ2) is 7.32.